The Labute approximate surface area is 99.7 Å². The van der Waals surface area contributed by atoms with Gasteiger partial charge in [0.15, 0.2) is 11.6 Å². The van der Waals surface area contributed by atoms with Gasteiger partial charge in [-0.1, -0.05) is 11.6 Å². The van der Waals surface area contributed by atoms with Gasteiger partial charge in [-0.25, -0.2) is 4.39 Å². The zero-order valence-electron chi connectivity index (χ0n) is 9.22. The molecule has 0 radical (unpaired) electrons. The molecule has 4 heteroatoms. The van der Waals surface area contributed by atoms with Crippen LogP contribution >= 0.6 is 11.6 Å². The lowest BCUT2D eigenvalue weighted by Gasteiger charge is -2.25. The van der Waals surface area contributed by atoms with Gasteiger partial charge in [0.25, 0.3) is 0 Å². The summed E-state index contributed by atoms with van der Waals surface area (Å²) in [6, 6.07) is 2.95. The summed E-state index contributed by atoms with van der Waals surface area (Å²) >= 11 is 6.14. The minimum atomic E-state index is -0.340. The van der Waals surface area contributed by atoms with E-state index in [1.807, 2.05) is 0 Å². The average Bonchev–Trinajstić information content (AvgIpc) is 2.33. The zero-order chi connectivity index (χ0) is 11.5. The van der Waals surface area contributed by atoms with Crippen molar-refractivity contribution in [3.63, 3.8) is 0 Å². The maximum Gasteiger partial charge on any atom is 0.165 e. The molecule has 16 heavy (non-hydrogen) atoms. The third kappa shape index (κ3) is 2.15. The molecule has 1 unspecified atom stereocenters. The predicted molar refractivity (Wildman–Crippen MR) is 62.8 cm³/mol. The molecular weight excluding hydrogens is 229 g/mol. The molecule has 88 valence electrons. The Hall–Kier alpha value is -0.800. The monoisotopic (exact) mass is 243 g/mol. The van der Waals surface area contributed by atoms with Gasteiger partial charge in [0.1, 0.15) is 0 Å². The summed E-state index contributed by atoms with van der Waals surface area (Å²) in [5.74, 6) is 0.195. The van der Waals surface area contributed by atoms with E-state index in [0.29, 0.717) is 10.8 Å². The zero-order valence-corrected chi connectivity index (χ0v) is 9.98. The molecule has 0 spiro atoms. The van der Waals surface area contributed by atoms with Gasteiger partial charge in [-0.15, -0.1) is 0 Å². The van der Waals surface area contributed by atoms with Crippen LogP contribution in [-0.2, 0) is 0 Å². The first kappa shape index (κ1) is 11.7. The summed E-state index contributed by atoms with van der Waals surface area (Å²) in [6.07, 6.45) is 2.10. The van der Waals surface area contributed by atoms with E-state index in [0.717, 1.165) is 31.5 Å². The first-order valence-electron chi connectivity index (χ1n) is 5.46. The number of hydrogen-bond acceptors (Lipinski definition) is 2. The van der Waals surface area contributed by atoms with Gasteiger partial charge in [-0.05, 0) is 31.5 Å². The second-order valence-electron chi connectivity index (χ2n) is 4.02. The van der Waals surface area contributed by atoms with E-state index in [1.165, 1.54) is 13.2 Å². The molecular formula is C12H15ClFNO. The smallest absolute Gasteiger partial charge is 0.165 e. The fraction of sp³-hybridized carbons (Fsp3) is 0.500. The van der Waals surface area contributed by atoms with Crippen LogP contribution in [0.2, 0.25) is 5.02 Å². The molecule has 2 rings (SSSR count). The van der Waals surface area contributed by atoms with Crippen LogP contribution in [0.5, 0.6) is 5.75 Å². The second-order valence-corrected chi connectivity index (χ2v) is 4.43. The lowest BCUT2D eigenvalue weighted by atomic mass is 9.91. The van der Waals surface area contributed by atoms with E-state index in [4.69, 9.17) is 16.3 Å². The summed E-state index contributed by atoms with van der Waals surface area (Å²) in [6.45, 7) is 1.85. The Morgan fingerprint density at radius 1 is 1.50 bits per heavy atom. The number of nitrogens with one attached hydrogen (secondary N) is 1. The number of methoxy groups -OCH3 is 1. The first-order valence-corrected chi connectivity index (χ1v) is 5.84. The van der Waals surface area contributed by atoms with Gasteiger partial charge in [0, 0.05) is 23.0 Å². The molecule has 0 saturated carbocycles. The Balaban J connectivity index is 2.40. The van der Waals surface area contributed by atoms with Gasteiger partial charge in [0.05, 0.1) is 7.11 Å². The molecule has 1 aliphatic heterocycles. The van der Waals surface area contributed by atoms with Crippen molar-refractivity contribution >= 4 is 11.6 Å². The summed E-state index contributed by atoms with van der Waals surface area (Å²) in [7, 11) is 1.48. The number of rotatable bonds is 2. The largest absolute Gasteiger partial charge is 0.493 e. The third-order valence-corrected chi connectivity index (χ3v) is 3.33. The van der Waals surface area contributed by atoms with Crippen molar-refractivity contribution < 1.29 is 9.13 Å². The molecule has 0 amide bonds. The summed E-state index contributed by atoms with van der Waals surface area (Å²) in [4.78, 5) is 0. The molecule has 1 aliphatic rings. The van der Waals surface area contributed by atoms with E-state index in [-0.39, 0.29) is 11.7 Å². The minimum Gasteiger partial charge on any atom is -0.493 e. The maximum absolute atomic E-state index is 13.6. The molecule has 1 aromatic rings. The van der Waals surface area contributed by atoms with Crippen molar-refractivity contribution in [2.75, 3.05) is 20.2 Å². The number of ether oxygens (including phenoxy) is 1. The van der Waals surface area contributed by atoms with Crippen LogP contribution in [0, 0.1) is 5.82 Å². The summed E-state index contributed by atoms with van der Waals surface area (Å²) in [5, 5.41) is 3.88. The lowest BCUT2D eigenvalue weighted by molar-refractivity contribution is 0.368. The molecule has 1 N–H and O–H groups in total. The molecule has 2 nitrogen and oxygen atoms in total. The van der Waals surface area contributed by atoms with Crippen molar-refractivity contribution in [3.8, 4) is 5.75 Å². The van der Waals surface area contributed by atoms with Gasteiger partial charge < -0.3 is 10.1 Å². The Morgan fingerprint density at radius 3 is 2.94 bits per heavy atom. The van der Waals surface area contributed by atoms with E-state index >= 15 is 0 Å². The fourth-order valence-electron chi connectivity index (χ4n) is 2.23. The Kier molecular flexibility index (Phi) is 3.66. The standard InChI is InChI=1S/C12H15ClFNO/c1-16-12-10(14)5-4-9(13)11(12)8-3-2-6-15-7-8/h4-5,8,15H,2-3,6-7H2,1H3. The molecule has 0 aromatic heterocycles. The van der Waals surface area contributed by atoms with E-state index in [9.17, 15) is 4.39 Å². The van der Waals surface area contributed by atoms with Crippen molar-refractivity contribution in [2.24, 2.45) is 0 Å². The highest BCUT2D eigenvalue weighted by Crippen LogP contribution is 2.38. The average molecular weight is 244 g/mol. The summed E-state index contributed by atoms with van der Waals surface area (Å²) in [5.41, 5.74) is 0.802. The highest BCUT2D eigenvalue weighted by atomic mass is 35.5. The Morgan fingerprint density at radius 2 is 2.31 bits per heavy atom. The van der Waals surface area contributed by atoms with Crippen molar-refractivity contribution in [1.82, 2.24) is 5.32 Å². The molecule has 1 heterocycles. The molecule has 0 bridgehead atoms. The highest BCUT2D eigenvalue weighted by Gasteiger charge is 2.23. The van der Waals surface area contributed by atoms with Crippen LogP contribution < -0.4 is 10.1 Å². The number of hydrogen-bond donors (Lipinski definition) is 1. The molecule has 1 atom stereocenters. The van der Waals surface area contributed by atoms with Gasteiger partial charge in [-0.2, -0.15) is 0 Å². The fourth-order valence-corrected chi connectivity index (χ4v) is 2.54. The molecule has 1 aromatic carbocycles. The normalized spacial score (nSPS) is 20.8. The van der Waals surface area contributed by atoms with Gasteiger partial charge >= 0.3 is 0 Å². The van der Waals surface area contributed by atoms with Crippen molar-refractivity contribution in [1.29, 1.82) is 0 Å². The van der Waals surface area contributed by atoms with E-state index in [1.54, 1.807) is 6.07 Å². The van der Waals surface area contributed by atoms with Crippen molar-refractivity contribution in [3.05, 3.63) is 28.5 Å². The highest BCUT2D eigenvalue weighted by molar-refractivity contribution is 6.31. The lowest BCUT2D eigenvalue weighted by Crippen LogP contribution is -2.28. The SMILES string of the molecule is COc1c(F)ccc(Cl)c1C1CCCNC1. The van der Waals surface area contributed by atoms with Gasteiger partial charge in [0.2, 0.25) is 0 Å². The number of halogens is 2. The molecule has 1 fully saturated rings. The van der Waals surface area contributed by atoms with Crippen LogP contribution in [0.25, 0.3) is 0 Å². The summed E-state index contributed by atoms with van der Waals surface area (Å²) < 4.78 is 18.7. The van der Waals surface area contributed by atoms with Gasteiger partial charge in [-0.3, -0.25) is 0 Å². The quantitative estimate of drug-likeness (QED) is 0.862. The second kappa shape index (κ2) is 5.02. The van der Waals surface area contributed by atoms with Crippen LogP contribution in [0.1, 0.15) is 24.3 Å². The van der Waals surface area contributed by atoms with Crippen LogP contribution in [0.4, 0.5) is 4.39 Å². The number of piperidine rings is 1. The maximum atomic E-state index is 13.6. The first-order chi connectivity index (χ1) is 7.74. The molecule has 1 saturated heterocycles. The molecule has 0 aliphatic carbocycles. The van der Waals surface area contributed by atoms with Crippen molar-refractivity contribution in [2.45, 2.75) is 18.8 Å². The van der Waals surface area contributed by atoms with Crippen LogP contribution in [-0.4, -0.2) is 20.2 Å². The minimum absolute atomic E-state index is 0.242. The predicted octanol–water partition coefficient (Wildman–Crippen LogP) is 2.95. The van der Waals surface area contributed by atoms with E-state index in [2.05, 4.69) is 5.32 Å². The third-order valence-electron chi connectivity index (χ3n) is 3.00. The van der Waals surface area contributed by atoms with Crippen LogP contribution in [0.15, 0.2) is 12.1 Å². The Bertz CT molecular complexity index is 378. The number of benzene rings is 1. The van der Waals surface area contributed by atoms with Crippen LogP contribution in [0.3, 0.4) is 0 Å². The topological polar surface area (TPSA) is 21.3 Å². The van der Waals surface area contributed by atoms with E-state index < -0.39 is 0 Å².